The molecule has 1 aliphatic carbocycles. The summed E-state index contributed by atoms with van der Waals surface area (Å²) >= 11 is 1.80. The van der Waals surface area contributed by atoms with Crippen LogP contribution in [0, 0.1) is 11.6 Å². The first-order chi connectivity index (χ1) is 10.2. The van der Waals surface area contributed by atoms with E-state index in [-0.39, 0.29) is 17.7 Å². The van der Waals surface area contributed by atoms with Crippen LogP contribution in [0.2, 0.25) is 0 Å². The van der Waals surface area contributed by atoms with Gasteiger partial charge in [-0.25, -0.2) is 13.8 Å². The van der Waals surface area contributed by atoms with Gasteiger partial charge in [0, 0.05) is 23.9 Å². The van der Waals surface area contributed by atoms with Gasteiger partial charge in [-0.05, 0) is 25.5 Å². The molecule has 0 spiro atoms. The third-order valence-corrected chi connectivity index (χ3v) is 4.97. The topological polar surface area (TPSA) is 37.0 Å². The maximum absolute atomic E-state index is 13.9. The van der Waals surface area contributed by atoms with Crippen LogP contribution in [-0.2, 0) is 0 Å². The number of anilines is 2. The lowest BCUT2D eigenvalue weighted by Crippen LogP contribution is -2.35. The highest BCUT2D eigenvalue weighted by Gasteiger charge is 2.25. The summed E-state index contributed by atoms with van der Waals surface area (Å²) in [7, 11) is 0. The number of aromatic nitrogens is 1. The van der Waals surface area contributed by atoms with E-state index in [1.54, 1.807) is 11.8 Å². The summed E-state index contributed by atoms with van der Waals surface area (Å²) in [6.07, 6.45) is 7.42. The molecule has 2 rings (SSSR count). The Morgan fingerprint density at radius 3 is 2.67 bits per heavy atom. The molecule has 3 nitrogen and oxygen atoms in total. The average Bonchev–Trinajstić information content (AvgIpc) is 2.49. The molecule has 118 valence electrons. The van der Waals surface area contributed by atoms with Gasteiger partial charge in [0.1, 0.15) is 0 Å². The fourth-order valence-electron chi connectivity index (χ4n) is 2.65. The first-order valence-electron chi connectivity index (χ1n) is 7.55. The largest absolute Gasteiger partial charge is 0.368 e. The lowest BCUT2D eigenvalue weighted by Gasteiger charge is -2.31. The van der Waals surface area contributed by atoms with Crippen LogP contribution < -0.4 is 10.6 Å². The van der Waals surface area contributed by atoms with Crippen LogP contribution >= 0.6 is 11.8 Å². The SMILES string of the molecule is CCCNc1nc(NC2CCCCC2SC)c(F)cc1F. The molecule has 1 heterocycles. The fourth-order valence-corrected chi connectivity index (χ4v) is 3.59. The molecule has 1 aliphatic rings. The van der Waals surface area contributed by atoms with Gasteiger partial charge in [0.25, 0.3) is 0 Å². The highest BCUT2D eigenvalue weighted by atomic mass is 32.2. The molecule has 2 atom stereocenters. The fraction of sp³-hybridized carbons (Fsp3) is 0.667. The Hall–Kier alpha value is -1.04. The van der Waals surface area contributed by atoms with E-state index in [2.05, 4.69) is 21.9 Å². The number of nitrogens with one attached hydrogen (secondary N) is 2. The third kappa shape index (κ3) is 4.22. The van der Waals surface area contributed by atoms with Gasteiger partial charge in [0.2, 0.25) is 0 Å². The van der Waals surface area contributed by atoms with Crippen molar-refractivity contribution >= 4 is 23.4 Å². The molecule has 1 saturated carbocycles. The van der Waals surface area contributed by atoms with Crippen LogP contribution in [0.3, 0.4) is 0 Å². The van der Waals surface area contributed by atoms with Crippen molar-refractivity contribution in [1.82, 2.24) is 4.98 Å². The van der Waals surface area contributed by atoms with Gasteiger partial charge in [-0.3, -0.25) is 0 Å². The molecule has 0 amide bonds. The second-order valence-corrected chi connectivity index (χ2v) is 6.46. The number of hydrogen-bond acceptors (Lipinski definition) is 4. The summed E-state index contributed by atoms with van der Waals surface area (Å²) in [4.78, 5) is 4.09. The van der Waals surface area contributed by atoms with Crippen LogP contribution in [0.1, 0.15) is 39.0 Å². The van der Waals surface area contributed by atoms with Gasteiger partial charge in [-0.15, -0.1) is 0 Å². The molecule has 0 saturated heterocycles. The van der Waals surface area contributed by atoms with Gasteiger partial charge >= 0.3 is 0 Å². The molecule has 1 aromatic heterocycles. The summed E-state index contributed by atoms with van der Waals surface area (Å²) in [5, 5.41) is 6.53. The molecule has 1 aromatic rings. The summed E-state index contributed by atoms with van der Waals surface area (Å²) < 4.78 is 27.6. The minimum absolute atomic E-state index is 0.122. The zero-order valence-electron chi connectivity index (χ0n) is 12.6. The molecule has 0 aliphatic heterocycles. The number of nitrogens with zero attached hydrogens (tertiary/aromatic N) is 1. The Bertz CT molecular complexity index is 470. The van der Waals surface area contributed by atoms with Crippen LogP contribution in [0.5, 0.6) is 0 Å². The lowest BCUT2D eigenvalue weighted by atomic mass is 9.95. The lowest BCUT2D eigenvalue weighted by molar-refractivity contribution is 0.471. The Labute approximate surface area is 129 Å². The van der Waals surface area contributed by atoms with E-state index < -0.39 is 11.6 Å². The van der Waals surface area contributed by atoms with Crippen LogP contribution in [-0.4, -0.2) is 29.1 Å². The second kappa shape index (κ2) is 7.82. The number of halogens is 2. The smallest absolute Gasteiger partial charge is 0.168 e. The van der Waals surface area contributed by atoms with Gasteiger partial charge in [0.05, 0.1) is 0 Å². The maximum atomic E-state index is 13.9. The van der Waals surface area contributed by atoms with Crippen molar-refractivity contribution in [3.63, 3.8) is 0 Å². The number of thioether (sulfide) groups is 1. The minimum Gasteiger partial charge on any atom is -0.368 e. The van der Waals surface area contributed by atoms with Gasteiger partial charge < -0.3 is 10.6 Å². The van der Waals surface area contributed by atoms with Gasteiger partial charge in [-0.2, -0.15) is 11.8 Å². The Balaban J connectivity index is 2.14. The second-order valence-electron chi connectivity index (χ2n) is 5.39. The molecule has 1 fully saturated rings. The van der Waals surface area contributed by atoms with Crippen molar-refractivity contribution in [2.75, 3.05) is 23.4 Å². The Morgan fingerprint density at radius 2 is 1.95 bits per heavy atom. The van der Waals surface area contributed by atoms with Crippen LogP contribution in [0.15, 0.2) is 6.07 Å². The zero-order valence-corrected chi connectivity index (χ0v) is 13.4. The molecule has 0 bridgehead atoms. The van der Waals surface area contributed by atoms with E-state index >= 15 is 0 Å². The van der Waals surface area contributed by atoms with E-state index in [0.29, 0.717) is 11.8 Å². The Morgan fingerprint density at radius 1 is 1.24 bits per heavy atom. The average molecular weight is 315 g/mol. The number of hydrogen-bond donors (Lipinski definition) is 2. The van der Waals surface area contributed by atoms with E-state index in [0.717, 1.165) is 31.7 Å². The van der Waals surface area contributed by atoms with E-state index in [1.165, 1.54) is 6.42 Å². The van der Waals surface area contributed by atoms with Crippen molar-refractivity contribution in [3.8, 4) is 0 Å². The summed E-state index contributed by atoms with van der Waals surface area (Å²) in [6, 6.07) is 1.10. The first kappa shape index (κ1) is 16.3. The standard InChI is InChI=1S/C15H23F2N3S/c1-3-8-18-14-10(16)9-11(17)15(20-14)19-12-6-4-5-7-13(12)21-2/h9,12-13H,3-8H2,1-2H3,(H2,18,19,20). The molecule has 6 heteroatoms. The molecule has 2 unspecified atom stereocenters. The van der Waals surface area contributed by atoms with E-state index in [4.69, 9.17) is 0 Å². The Kier molecular flexibility index (Phi) is 6.08. The summed E-state index contributed by atoms with van der Waals surface area (Å²) in [5.41, 5.74) is 0. The zero-order chi connectivity index (χ0) is 15.2. The molecular formula is C15H23F2N3S. The monoisotopic (exact) mass is 315 g/mol. The first-order valence-corrected chi connectivity index (χ1v) is 8.83. The third-order valence-electron chi connectivity index (χ3n) is 3.80. The molecule has 0 aromatic carbocycles. The quantitative estimate of drug-likeness (QED) is 0.822. The van der Waals surface area contributed by atoms with Crippen molar-refractivity contribution in [3.05, 3.63) is 17.7 Å². The maximum Gasteiger partial charge on any atom is 0.168 e. The summed E-state index contributed by atoms with van der Waals surface area (Å²) in [6.45, 7) is 2.60. The summed E-state index contributed by atoms with van der Waals surface area (Å²) in [5.74, 6) is -0.991. The van der Waals surface area contributed by atoms with Gasteiger partial charge in [-0.1, -0.05) is 19.8 Å². The van der Waals surface area contributed by atoms with Crippen molar-refractivity contribution in [1.29, 1.82) is 0 Å². The number of rotatable bonds is 6. The van der Waals surface area contributed by atoms with Crippen molar-refractivity contribution in [2.45, 2.75) is 50.3 Å². The minimum atomic E-state index is -0.642. The number of pyridine rings is 1. The van der Waals surface area contributed by atoms with Crippen LogP contribution in [0.4, 0.5) is 20.4 Å². The predicted molar refractivity (Wildman–Crippen MR) is 86.1 cm³/mol. The molecule has 2 N–H and O–H groups in total. The van der Waals surface area contributed by atoms with E-state index in [9.17, 15) is 8.78 Å². The molecule has 0 radical (unpaired) electrons. The van der Waals surface area contributed by atoms with E-state index in [1.807, 2.05) is 6.92 Å². The molecule has 21 heavy (non-hydrogen) atoms. The molecular weight excluding hydrogens is 292 g/mol. The predicted octanol–water partition coefficient (Wildman–Crippen LogP) is 4.27. The highest BCUT2D eigenvalue weighted by Crippen LogP contribution is 2.30. The van der Waals surface area contributed by atoms with Gasteiger partial charge in [0.15, 0.2) is 23.3 Å². The van der Waals surface area contributed by atoms with Crippen molar-refractivity contribution in [2.24, 2.45) is 0 Å². The highest BCUT2D eigenvalue weighted by molar-refractivity contribution is 7.99. The van der Waals surface area contributed by atoms with Crippen molar-refractivity contribution < 1.29 is 8.78 Å². The van der Waals surface area contributed by atoms with Crippen LogP contribution in [0.25, 0.3) is 0 Å². The normalized spacial score (nSPS) is 22.1.